The molecule has 0 unspecified atom stereocenters. The van der Waals surface area contributed by atoms with Crippen LogP contribution in [0.15, 0.2) is 59.1 Å². The van der Waals surface area contributed by atoms with E-state index in [1.807, 2.05) is 31.2 Å². The molecule has 0 saturated heterocycles. The van der Waals surface area contributed by atoms with Gasteiger partial charge >= 0.3 is 0 Å². The molecule has 0 atom stereocenters. The maximum absolute atomic E-state index is 13.2. The standard InChI is InChI=1S/C24H22N4O3/c1-14-5-7-16(8-6-14)20-13-19(21-15(2)27-31-23(21)26-20)22(29)25-18-11-9-17(10-12-18)24(30)28(3)4/h5-13H,1-4H3,(H,25,29). The molecule has 0 aliphatic rings. The summed E-state index contributed by atoms with van der Waals surface area (Å²) in [7, 11) is 3.39. The Morgan fingerprint density at radius 3 is 2.29 bits per heavy atom. The molecule has 0 radical (unpaired) electrons. The number of benzene rings is 2. The van der Waals surface area contributed by atoms with Crippen LogP contribution in [0.25, 0.3) is 22.4 Å². The molecule has 2 amide bonds. The lowest BCUT2D eigenvalue weighted by molar-refractivity contribution is 0.0827. The Labute approximate surface area is 179 Å². The average molecular weight is 414 g/mol. The molecule has 2 heterocycles. The van der Waals surface area contributed by atoms with E-state index in [-0.39, 0.29) is 11.8 Å². The second-order valence-electron chi connectivity index (χ2n) is 7.60. The molecular weight excluding hydrogens is 392 g/mol. The van der Waals surface area contributed by atoms with Crippen LogP contribution in [0.5, 0.6) is 0 Å². The normalized spacial score (nSPS) is 10.8. The van der Waals surface area contributed by atoms with E-state index in [0.29, 0.717) is 39.3 Å². The Balaban J connectivity index is 1.69. The SMILES string of the molecule is Cc1ccc(-c2cc(C(=O)Nc3ccc(C(=O)N(C)C)cc3)c3c(C)noc3n2)cc1. The molecule has 0 aliphatic carbocycles. The lowest BCUT2D eigenvalue weighted by Gasteiger charge is -2.11. The molecule has 4 aromatic rings. The molecule has 4 rings (SSSR count). The van der Waals surface area contributed by atoms with Gasteiger partial charge in [-0.25, -0.2) is 4.98 Å². The molecule has 156 valence electrons. The number of amides is 2. The van der Waals surface area contributed by atoms with Crippen molar-refractivity contribution in [1.29, 1.82) is 0 Å². The Hall–Kier alpha value is -4.00. The number of carbonyl (C=O) groups is 2. The highest BCUT2D eigenvalue weighted by Crippen LogP contribution is 2.28. The summed E-state index contributed by atoms with van der Waals surface area (Å²) in [6.45, 7) is 3.79. The van der Waals surface area contributed by atoms with Crippen LogP contribution in [0.3, 0.4) is 0 Å². The monoisotopic (exact) mass is 414 g/mol. The zero-order valence-electron chi connectivity index (χ0n) is 17.8. The third kappa shape index (κ3) is 4.02. The molecule has 31 heavy (non-hydrogen) atoms. The highest BCUT2D eigenvalue weighted by molar-refractivity contribution is 6.13. The summed E-state index contributed by atoms with van der Waals surface area (Å²) in [6, 6.07) is 16.4. The number of nitrogens with one attached hydrogen (secondary N) is 1. The van der Waals surface area contributed by atoms with Crippen LogP contribution in [-0.2, 0) is 0 Å². The van der Waals surface area contributed by atoms with E-state index < -0.39 is 0 Å². The maximum Gasteiger partial charge on any atom is 0.259 e. The minimum atomic E-state index is -0.307. The Kier molecular flexibility index (Phi) is 5.25. The minimum Gasteiger partial charge on any atom is -0.345 e. The smallest absolute Gasteiger partial charge is 0.259 e. The van der Waals surface area contributed by atoms with Crippen LogP contribution >= 0.6 is 0 Å². The van der Waals surface area contributed by atoms with Crippen molar-refractivity contribution in [1.82, 2.24) is 15.0 Å². The number of aryl methyl sites for hydroxylation is 2. The summed E-state index contributed by atoms with van der Waals surface area (Å²) in [5.41, 5.74) is 5.09. The summed E-state index contributed by atoms with van der Waals surface area (Å²) in [6.07, 6.45) is 0. The van der Waals surface area contributed by atoms with Gasteiger partial charge < -0.3 is 14.7 Å². The first-order valence-corrected chi connectivity index (χ1v) is 9.80. The molecule has 7 heteroatoms. The molecule has 0 saturated carbocycles. The zero-order chi connectivity index (χ0) is 22.1. The molecule has 7 nitrogen and oxygen atoms in total. The van der Waals surface area contributed by atoms with Crippen molar-refractivity contribution in [2.45, 2.75) is 13.8 Å². The number of nitrogens with zero attached hydrogens (tertiary/aromatic N) is 3. The van der Waals surface area contributed by atoms with E-state index in [9.17, 15) is 9.59 Å². The number of anilines is 1. The maximum atomic E-state index is 13.2. The largest absolute Gasteiger partial charge is 0.345 e. The van der Waals surface area contributed by atoms with Crippen molar-refractivity contribution in [2.24, 2.45) is 0 Å². The van der Waals surface area contributed by atoms with Gasteiger partial charge in [0.05, 0.1) is 22.3 Å². The fourth-order valence-corrected chi connectivity index (χ4v) is 3.30. The highest BCUT2D eigenvalue weighted by atomic mass is 16.5. The summed E-state index contributed by atoms with van der Waals surface area (Å²) in [5, 5.41) is 7.45. The lowest BCUT2D eigenvalue weighted by atomic mass is 10.0. The van der Waals surface area contributed by atoms with E-state index in [0.717, 1.165) is 11.1 Å². The predicted molar refractivity (Wildman–Crippen MR) is 119 cm³/mol. The van der Waals surface area contributed by atoms with Crippen LogP contribution in [-0.4, -0.2) is 41.0 Å². The average Bonchev–Trinajstić information content (AvgIpc) is 3.14. The molecule has 0 aliphatic heterocycles. The van der Waals surface area contributed by atoms with Gasteiger partial charge in [0.15, 0.2) is 0 Å². The summed E-state index contributed by atoms with van der Waals surface area (Å²) in [5.74, 6) is -0.407. The summed E-state index contributed by atoms with van der Waals surface area (Å²) < 4.78 is 5.36. The first kappa shape index (κ1) is 20.3. The Bertz CT molecular complexity index is 1270. The van der Waals surface area contributed by atoms with Crippen molar-refractivity contribution in [3.8, 4) is 11.3 Å². The van der Waals surface area contributed by atoms with Gasteiger partial charge in [0.1, 0.15) is 0 Å². The molecule has 2 aromatic heterocycles. The van der Waals surface area contributed by atoms with Crippen LogP contribution < -0.4 is 5.32 Å². The highest BCUT2D eigenvalue weighted by Gasteiger charge is 2.20. The van der Waals surface area contributed by atoms with Crippen molar-refractivity contribution >= 4 is 28.6 Å². The van der Waals surface area contributed by atoms with Crippen molar-refractivity contribution < 1.29 is 14.1 Å². The number of hydrogen-bond acceptors (Lipinski definition) is 5. The van der Waals surface area contributed by atoms with E-state index in [4.69, 9.17) is 4.52 Å². The first-order valence-electron chi connectivity index (χ1n) is 9.80. The first-order chi connectivity index (χ1) is 14.8. The van der Waals surface area contributed by atoms with E-state index >= 15 is 0 Å². The second-order valence-corrected chi connectivity index (χ2v) is 7.60. The van der Waals surface area contributed by atoms with Gasteiger partial charge in [-0.3, -0.25) is 9.59 Å². The number of aromatic nitrogens is 2. The zero-order valence-corrected chi connectivity index (χ0v) is 17.8. The van der Waals surface area contributed by atoms with Crippen LogP contribution in [0.1, 0.15) is 32.0 Å². The van der Waals surface area contributed by atoms with Crippen LogP contribution in [0.4, 0.5) is 5.69 Å². The summed E-state index contributed by atoms with van der Waals surface area (Å²) >= 11 is 0. The number of fused-ring (bicyclic) bond motifs is 1. The predicted octanol–water partition coefficient (Wildman–Crippen LogP) is 4.46. The van der Waals surface area contributed by atoms with Crippen molar-refractivity contribution in [2.75, 3.05) is 19.4 Å². The Morgan fingerprint density at radius 2 is 1.65 bits per heavy atom. The van der Waals surface area contributed by atoms with Crippen molar-refractivity contribution in [3.05, 3.63) is 77.0 Å². The molecule has 0 spiro atoms. The third-order valence-electron chi connectivity index (χ3n) is 5.00. The number of pyridine rings is 1. The van der Waals surface area contributed by atoms with Gasteiger partial charge in [0.2, 0.25) is 0 Å². The third-order valence-corrected chi connectivity index (χ3v) is 5.00. The Morgan fingerprint density at radius 1 is 0.968 bits per heavy atom. The van der Waals surface area contributed by atoms with Gasteiger partial charge in [0, 0.05) is 30.9 Å². The van der Waals surface area contributed by atoms with Gasteiger partial charge in [-0.1, -0.05) is 35.0 Å². The van der Waals surface area contributed by atoms with E-state index in [1.165, 1.54) is 4.90 Å². The quantitative estimate of drug-likeness (QED) is 0.533. The number of carbonyl (C=O) groups excluding carboxylic acids is 2. The van der Waals surface area contributed by atoms with E-state index in [2.05, 4.69) is 15.5 Å². The van der Waals surface area contributed by atoms with Gasteiger partial charge in [-0.15, -0.1) is 0 Å². The topological polar surface area (TPSA) is 88.3 Å². The molecular formula is C24H22N4O3. The van der Waals surface area contributed by atoms with E-state index in [1.54, 1.807) is 51.4 Å². The molecule has 1 N–H and O–H groups in total. The minimum absolute atomic E-state index is 0.100. The van der Waals surface area contributed by atoms with Crippen LogP contribution in [0, 0.1) is 13.8 Å². The molecule has 0 fully saturated rings. The summed E-state index contributed by atoms with van der Waals surface area (Å²) in [4.78, 5) is 31.3. The van der Waals surface area contributed by atoms with Gasteiger partial charge in [-0.05, 0) is 44.2 Å². The van der Waals surface area contributed by atoms with Crippen molar-refractivity contribution in [3.63, 3.8) is 0 Å². The molecule has 0 bridgehead atoms. The fraction of sp³-hybridized carbons (Fsp3) is 0.167. The second kappa shape index (κ2) is 8.02. The van der Waals surface area contributed by atoms with Gasteiger partial charge in [-0.2, -0.15) is 0 Å². The number of hydrogen-bond donors (Lipinski definition) is 1. The van der Waals surface area contributed by atoms with Gasteiger partial charge in [0.25, 0.3) is 17.5 Å². The lowest BCUT2D eigenvalue weighted by Crippen LogP contribution is -2.21. The fourth-order valence-electron chi connectivity index (χ4n) is 3.30. The molecule has 2 aromatic carbocycles. The van der Waals surface area contributed by atoms with Crippen LogP contribution in [0.2, 0.25) is 0 Å². The number of rotatable bonds is 4.